The molecule has 2 saturated heterocycles. The minimum Gasteiger partial charge on any atom is -0.487 e. The molecule has 224 valence electrons. The monoisotopic (exact) mass is 566 g/mol. The normalized spacial score (nSPS) is 29.8. The van der Waals surface area contributed by atoms with Crippen molar-refractivity contribution in [2.24, 2.45) is 17.8 Å². The van der Waals surface area contributed by atoms with Gasteiger partial charge in [-0.25, -0.2) is 8.78 Å². The van der Waals surface area contributed by atoms with Crippen LogP contribution in [0, 0.1) is 29.4 Å². The topological polar surface area (TPSA) is 83.5 Å². The van der Waals surface area contributed by atoms with Gasteiger partial charge in [0.15, 0.2) is 17.9 Å². The van der Waals surface area contributed by atoms with Gasteiger partial charge in [0, 0.05) is 38.0 Å². The van der Waals surface area contributed by atoms with Gasteiger partial charge in [-0.3, -0.25) is 4.79 Å². The van der Waals surface area contributed by atoms with Gasteiger partial charge >= 0.3 is 5.97 Å². The molecule has 0 spiro atoms. The van der Waals surface area contributed by atoms with Crippen molar-refractivity contribution >= 4 is 5.97 Å². The zero-order chi connectivity index (χ0) is 28.5. The molecule has 9 heteroatoms. The molecule has 1 saturated carbocycles. The van der Waals surface area contributed by atoms with E-state index >= 15 is 0 Å². The molecule has 0 aromatic heterocycles. The average molecular weight is 567 g/mol. The van der Waals surface area contributed by atoms with E-state index in [9.17, 15) is 18.7 Å². The maximum Gasteiger partial charge on any atom is 0.306 e. The van der Waals surface area contributed by atoms with E-state index in [2.05, 4.69) is 0 Å². The number of carbonyl (C=O) groups excluding carboxylic acids is 1. The van der Waals surface area contributed by atoms with Crippen LogP contribution in [0.2, 0.25) is 0 Å². The summed E-state index contributed by atoms with van der Waals surface area (Å²) in [7, 11) is 0. The minimum absolute atomic E-state index is 0.0224. The molecule has 1 unspecified atom stereocenters. The Morgan fingerprint density at radius 2 is 2.02 bits per heavy atom. The van der Waals surface area contributed by atoms with Crippen molar-refractivity contribution in [3.8, 4) is 5.75 Å². The summed E-state index contributed by atoms with van der Waals surface area (Å²) in [6, 6.07) is 3.10. The van der Waals surface area contributed by atoms with Crippen LogP contribution in [0.15, 0.2) is 30.4 Å². The Morgan fingerprint density at radius 1 is 1.18 bits per heavy atom. The van der Waals surface area contributed by atoms with E-state index < -0.39 is 30.1 Å². The first kappa shape index (κ1) is 30.9. The third kappa shape index (κ3) is 9.23. The third-order valence-electron chi connectivity index (χ3n) is 8.01. The number of fused-ring (bicyclic) bond motifs is 1. The molecule has 1 aromatic rings. The Morgan fingerprint density at radius 3 is 2.80 bits per heavy atom. The SMILES string of the molecule is CC(C)OC(=O)CCC[C@H]1CC[C@@H]2[C@@H](/C=C/[C@H](COc3cc(F)ccc3F)OC3CCCCO3)[C@H](O)C[C@@H]2OC1. The first-order valence-electron chi connectivity index (χ1n) is 14.8. The number of hydrogen-bond acceptors (Lipinski definition) is 7. The van der Waals surface area contributed by atoms with Crippen LogP contribution >= 0.6 is 0 Å². The Hall–Kier alpha value is -2.07. The van der Waals surface area contributed by atoms with Gasteiger partial charge in [-0.2, -0.15) is 0 Å². The molecule has 7 nitrogen and oxygen atoms in total. The second-order valence-corrected chi connectivity index (χ2v) is 11.5. The van der Waals surface area contributed by atoms with Gasteiger partial charge in [-0.05, 0) is 82.8 Å². The van der Waals surface area contributed by atoms with Gasteiger partial charge in [-0.1, -0.05) is 12.2 Å². The molecular formula is C31H44F2O7. The van der Waals surface area contributed by atoms with Crippen LogP contribution in [-0.4, -0.2) is 61.6 Å². The highest BCUT2D eigenvalue weighted by Gasteiger charge is 2.43. The van der Waals surface area contributed by atoms with Crippen molar-refractivity contribution in [2.75, 3.05) is 19.8 Å². The molecule has 1 aromatic carbocycles. The summed E-state index contributed by atoms with van der Waals surface area (Å²) in [4.78, 5) is 11.9. The Bertz CT molecular complexity index is 965. The molecular weight excluding hydrogens is 522 g/mol. The number of ether oxygens (including phenoxy) is 5. The van der Waals surface area contributed by atoms with Gasteiger partial charge in [0.05, 0.1) is 18.3 Å². The lowest BCUT2D eigenvalue weighted by atomic mass is 9.86. The van der Waals surface area contributed by atoms with Crippen molar-refractivity contribution in [2.45, 2.75) is 102 Å². The second-order valence-electron chi connectivity index (χ2n) is 11.5. The lowest BCUT2D eigenvalue weighted by Gasteiger charge is -2.27. The summed E-state index contributed by atoms with van der Waals surface area (Å²) in [5.74, 6) is -1.14. The molecule has 2 heterocycles. The zero-order valence-corrected chi connectivity index (χ0v) is 23.6. The molecule has 1 N–H and O–H groups in total. The summed E-state index contributed by atoms with van der Waals surface area (Å²) in [5, 5.41) is 10.9. The lowest BCUT2D eigenvalue weighted by molar-refractivity contribution is -0.183. The number of carbonyl (C=O) groups is 1. The number of benzene rings is 1. The summed E-state index contributed by atoms with van der Waals surface area (Å²) in [6.07, 6.45) is 9.45. The first-order valence-corrected chi connectivity index (χ1v) is 14.8. The highest BCUT2D eigenvalue weighted by molar-refractivity contribution is 5.69. The molecule has 3 aliphatic rings. The molecule has 7 atom stereocenters. The fourth-order valence-corrected chi connectivity index (χ4v) is 5.97. The number of esters is 1. The molecule has 3 fully saturated rings. The summed E-state index contributed by atoms with van der Waals surface area (Å²) < 4.78 is 56.7. The predicted octanol–water partition coefficient (Wildman–Crippen LogP) is 5.73. The average Bonchev–Trinajstić information content (AvgIpc) is 3.08. The van der Waals surface area contributed by atoms with Crippen LogP contribution in [0.3, 0.4) is 0 Å². The van der Waals surface area contributed by atoms with E-state index in [1.807, 2.05) is 26.0 Å². The van der Waals surface area contributed by atoms with Crippen LogP contribution in [0.1, 0.15) is 71.6 Å². The Labute approximate surface area is 236 Å². The minimum atomic E-state index is -0.644. The fraction of sp³-hybridized carbons (Fsp3) is 0.710. The smallest absolute Gasteiger partial charge is 0.306 e. The largest absolute Gasteiger partial charge is 0.487 e. The van der Waals surface area contributed by atoms with Gasteiger partial charge in [0.1, 0.15) is 18.5 Å². The maximum atomic E-state index is 14.1. The summed E-state index contributed by atoms with van der Waals surface area (Å²) in [6.45, 7) is 4.92. The maximum absolute atomic E-state index is 14.1. The fourth-order valence-electron chi connectivity index (χ4n) is 5.97. The second kappa shape index (κ2) is 15.2. The zero-order valence-electron chi connectivity index (χ0n) is 23.6. The molecule has 0 amide bonds. The molecule has 0 bridgehead atoms. The van der Waals surface area contributed by atoms with Crippen LogP contribution in [0.5, 0.6) is 5.75 Å². The van der Waals surface area contributed by atoms with Gasteiger partial charge in [0.2, 0.25) is 0 Å². The van der Waals surface area contributed by atoms with E-state index in [-0.39, 0.29) is 42.4 Å². The number of halogens is 2. The van der Waals surface area contributed by atoms with Crippen molar-refractivity contribution < 1.29 is 42.4 Å². The quantitative estimate of drug-likeness (QED) is 0.256. The van der Waals surface area contributed by atoms with Gasteiger partial charge < -0.3 is 28.8 Å². The number of rotatable bonds is 12. The van der Waals surface area contributed by atoms with Crippen molar-refractivity contribution in [1.82, 2.24) is 0 Å². The van der Waals surface area contributed by atoms with E-state index in [0.717, 1.165) is 63.1 Å². The summed E-state index contributed by atoms with van der Waals surface area (Å²) in [5.41, 5.74) is 0. The molecule has 40 heavy (non-hydrogen) atoms. The first-order chi connectivity index (χ1) is 19.3. The van der Waals surface area contributed by atoms with Crippen molar-refractivity contribution in [3.05, 3.63) is 42.0 Å². The Kier molecular flexibility index (Phi) is 11.8. The lowest BCUT2D eigenvalue weighted by Crippen LogP contribution is -2.31. The Balaban J connectivity index is 1.35. The molecule has 4 rings (SSSR count). The predicted molar refractivity (Wildman–Crippen MR) is 145 cm³/mol. The van der Waals surface area contributed by atoms with Crippen LogP contribution in [0.4, 0.5) is 8.78 Å². The van der Waals surface area contributed by atoms with Gasteiger partial charge in [-0.15, -0.1) is 0 Å². The standard InChI is InChI=1S/C31H44F2O7/c1-20(2)39-30(35)7-5-6-21-9-12-25-24(27(34)17-28(25)37-18-21)13-11-23(40-31-8-3-4-15-36-31)19-38-29-16-22(32)10-14-26(29)33/h10-11,13-14,16,20-21,23-25,27-28,31,34H,3-9,12,15,17-19H2,1-2H3/b13-11+/t21-,23+,24+,25+,27+,28-,31?/m0/s1. The van der Waals surface area contributed by atoms with Crippen molar-refractivity contribution in [3.63, 3.8) is 0 Å². The van der Waals surface area contributed by atoms with Crippen LogP contribution in [-0.2, 0) is 23.7 Å². The number of aliphatic hydroxyl groups is 1. The van der Waals surface area contributed by atoms with Crippen LogP contribution in [0.25, 0.3) is 0 Å². The van der Waals surface area contributed by atoms with E-state index in [1.165, 1.54) is 0 Å². The highest BCUT2D eigenvalue weighted by Crippen LogP contribution is 2.42. The number of aliphatic hydroxyl groups excluding tert-OH is 1. The molecule has 0 radical (unpaired) electrons. The van der Waals surface area contributed by atoms with Crippen molar-refractivity contribution in [1.29, 1.82) is 0 Å². The number of hydrogen-bond donors (Lipinski definition) is 1. The highest BCUT2D eigenvalue weighted by atomic mass is 19.1. The third-order valence-corrected chi connectivity index (χ3v) is 8.01. The van der Waals surface area contributed by atoms with Crippen LogP contribution < -0.4 is 4.74 Å². The summed E-state index contributed by atoms with van der Waals surface area (Å²) >= 11 is 0. The van der Waals surface area contributed by atoms with E-state index in [0.29, 0.717) is 32.0 Å². The van der Waals surface area contributed by atoms with Gasteiger partial charge in [0.25, 0.3) is 0 Å². The molecule has 1 aliphatic carbocycles. The molecule has 2 aliphatic heterocycles. The van der Waals surface area contributed by atoms with E-state index in [4.69, 9.17) is 23.7 Å². The van der Waals surface area contributed by atoms with E-state index in [1.54, 1.807) is 0 Å².